The molecular weight excluding hydrogens is 406 g/mol. The Hall–Kier alpha value is -1.89. The number of hydrogen-bond donors (Lipinski definition) is 2. The molecule has 0 bridgehead atoms. The summed E-state index contributed by atoms with van der Waals surface area (Å²) in [5.41, 5.74) is -0.227. The summed E-state index contributed by atoms with van der Waals surface area (Å²) in [7, 11) is 1.73. The van der Waals surface area contributed by atoms with E-state index in [-0.39, 0.29) is 35.7 Å². The Kier molecular flexibility index (Phi) is 13.5. The lowest BCUT2D eigenvalue weighted by Crippen LogP contribution is -2.62. The first-order valence-corrected chi connectivity index (χ1v) is 12.1. The predicted molar refractivity (Wildman–Crippen MR) is 130 cm³/mol. The first-order chi connectivity index (χ1) is 14.9. The van der Waals surface area contributed by atoms with Gasteiger partial charge in [-0.2, -0.15) is 0 Å². The van der Waals surface area contributed by atoms with Gasteiger partial charge in [-0.3, -0.25) is 9.59 Å². The van der Waals surface area contributed by atoms with Crippen molar-refractivity contribution in [2.24, 2.45) is 11.8 Å². The van der Waals surface area contributed by atoms with E-state index in [4.69, 9.17) is 4.74 Å². The summed E-state index contributed by atoms with van der Waals surface area (Å²) >= 11 is 0. The maximum atomic E-state index is 13.5. The van der Waals surface area contributed by atoms with Crippen molar-refractivity contribution < 1.29 is 19.1 Å². The molecule has 32 heavy (non-hydrogen) atoms. The van der Waals surface area contributed by atoms with Crippen molar-refractivity contribution >= 4 is 17.8 Å². The molecule has 0 unspecified atom stereocenters. The number of carbonyl (C=O) groups excluding carboxylic acids is 3. The zero-order valence-corrected chi connectivity index (χ0v) is 22.0. The zero-order chi connectivity index (χ0) is 25.1. The second-order valence-electron chi connectivity index (χ2n) is 9.17. The Morgan fingerprint density at radius 1 is 1.00 bits per heavy atom. The van der Waals surface area contributed by atoms with Gasteiger partial charge in [0.2, 0.25) is 11.8 Å². The van der Waals surface area contributed by atoms with E-state index in [0.29, 0.717) is 25.0 Å². The van der Waals surface area contributed by atoms with Crippen LogP contribution in [0.25, 0.3) is 0 Å². The van der Waals surface area contributed by atoms with Crippen LogP contribution in [0.15, 0.2) is 11.6 Å². The van der Waals surface area contributed by atoms with Crippen LogP contribution in [0.4, 0.5) is 0 Å². The summed E-state index contributed by atoms with van der Waals surface area (Å²) in [4.78, 5) is 40.5. The van der Waals surface area contributed by atoms with Gasteiger partial charge in [0.25, 0.3) is 0 Å². The van der Waals surface area contributed by atoms with E-state index >= 15 is 0 Å². The molecule has 0 aromatic carbocycles. The zero-order valence-electron chi connectivity index (χ0n) is 22.0. The third-order valence-corrected chi connectivity index (χ3v) is 6.07. The molecular formula is C25H47N3O4. The normalized spacial score (nSPS) is 14.3. The lowest BCUT2D eigenvalue weighted by molar-refractivity contribution is -0.140. The molecule has 0 aliphatic rings. The fraction of sp³-hybridized carbons (Fsp3) is 0.800. The molecule has 7 heteroatoms. The molecule has 0 aliphatic heterocycles. The third kappa shape index (κ3) is 8.23. The van der Waals surface area contributed by atoms with Gasteiger partial charge in [-0.05, 0) is 51.5 Å². The van der Waals surface area contributed by atoms with Gasteiger partial charge in [0.15, 0.2) is 0 Å². The van der Waals surface area contributed by atoms with E-state index < -0.39 is 11.6 Å². The smallest absolute Gasteiger partial charge is 0.333 e. The first kappa shape index (κ1) is 30.1. The van der Waals surface area contributed by atoms with Crippen molar-refractivity contribution in [3.05, 3.63) is 11.6 Å². The topological polar surface area (TPSA) is 87.7 Å². The van der Waals surface area contributed by atoms with Gasteiger partial charge in [-0.1, -0.05) is 54.5 Å². The number of rotatable bonds is 14. The highest BCUT2D eigenvalue weighted by atomic mass is 16.5. The van der Waals surface area contributed by atoms with Crippen molar-refractivity contribution in [3.8, 4) is 0 Å². The highest BCUT2D eigenvalue weighted by molar-refractivity contribution is 5.92. The van der Waals surface area contributed by atoms with Crippen LogP contribution in [0, 0.1) is 11.8 Å². The van der Waals surface area contributed by atoms with Crippen molar-refractivity contribution in [2.45, 2.75) is 99.2 Å². The summed E-state index contributed by atoms with van der Waals surface area (Å²) in [6, 6.07) is -0.962. The Balaban J connectivity index is 5.81. The van der Waals surface area contributed by atoms with Gasteiger partial charge in [-0.25, -0.2) is 4.79 Å². The average Bonchev–Trinajstić information content (AvgIpc) is 2.75. The monoisotopic (exact) mass is 453 g/mol. The largest absolute Gasteiger partial charge is 0.463 e. The maximum Gasteiger partial charge on any atom is 0.333 e. The first-order valence-electron chi connectivity index (χ1n) is 12.1. The van der Waals surface area contributed by atoms with E-state index in [1.807, 2.05) is 41.5 Å². The second-order valence-corrected chi connectivity index (χ2v) is 9.17. The number of hydrogen-bond acceptors (Lipinski definition) is 5. The minimum atomic E-state index is -0.695. The van der Waals surface area contributed by atoms with Gasteiger partial charge >= 0.3 is 5.97 Å². The third-order valence-electron chi connectivity index (χ3n) is 6.07. The molecule has 0 radical (unpaired) electrons. The number of amides is 2. The fourth-order valence-corrected chi connectivity index (χ4v) is 3.75. The molecule has 7 nitrogen and oxygen atoms in total. The molecule has 0 saturated heterocycles. The molecule has 0 aromatic rings. The lowest BCUT2D eigenvalue weighted by atomic mass is 9.90. The molecule has 2 atom stereocenters. The van der Waals surface area contributed by atoms with Crippen molar-refractivity contribution in [2.75, 3.05) is 20.2 Å². The number of likely N-dealkylation sites (N-methyl/N-ethyl adjacent to an activating group) is 1. The van der Waals surface area contributed by atoms with Crippen LogP contribution in [0.2, 0.25) is 0 Å². The minimum absolute atomic E-state index is 0.0773. The van der Waals surface area contributed by atoms with Crippen molar-refractivity contribution in [3.63, 3.8) is 0 Å². The van der Waals surface area contributed by atoms with Crippen LogP contribution in [0.1, 0.15) is 81.6 Å². The second kappa shape index (κ2) is 14.3. The lowest BCUT2D eigenvalue weighted by Gasteiger charge is -2.37. The molecule has 0 aliphatic carbocycles. The maximum absolute atomic E-state index is 13.5. The molecule has 186 valence electrons. The average molecular weight is 454 g/mol. The SMILES string of the molecule is CCCNC(CC)(CC)C(=O)N[C@H](C(=O)N(C)[C@H](C=C(C)C(=O)OCC)C(C)C)C(C)C. The Morgan fingerprint density at radius 2 is 1.56 bits per heavy atom. The molecule has 2 amide bonds. The van der Waals surface area contributed by atoms with Crippen LogP contribution in [-0.2, 0) is 19.1 Å². The van der Waals surface area contributed by atoms with Crippen LogP contribution in [-0.4, -0.2) is 60.5 Å². The molecule has 2 N–H and O–H groups in total. The Labute approximate surface area is 195 Å². The summed E-state index contributed by atoms with van der Waals surface area (Å²) in [5.74, 6) is -0.708. The van der Waals surface area contributed by atoms with E-state index in [0.717, 1.165) is 13.0 Å². The van der Waals surface area contributed by atoms with Gasteiger partial charge in [-0.15, -0.1) is 0 Å². The molecule has 0 fully saturated rings. The van der Waals surface area contributed by atoms with Gasteiger partial charge in [0.05, 0.1) is 18.2 Å². The molecule has 0 spiro atoms. The summed E-state index contributed by atoms with van der Waals surface area (Å²) < 4.78 is 5.08. The predicted octanol–water partition coefficient (Wildman–Crippen LogP) is 3.68. The van der Waals surface area contributed by atoms with Gasteiger partial charge in [0, 0.05) is 12.6 Å². The van der Waals surface area contributed by atoms with Crippen LogP contribution >= 0.6 is 0 Å². The van der Waals surface area contributed by atoms with Crippen LogP contribution < -0.4 is 10.6 Å². The highest BCUT2D eigenvalue weighted by Crippen LogP contribution is 2.20. The number of nitrogens with one attached hydrogen (secondary N) is 2. The van der Waals surface area contributed by atoms with E-state index in [1.165, 1.54) is 0 Å². The van der Waals surface area contributed by atoms with Gasteiger partial charge < -0.3 is 20.3 Å². The number of carbonyl (C=O) groups is 3. The quantitative estimate of drug-likeness (QED) is 0.309. The minimum Gasteiger partial charge on any atom is -0.463 e. The van der Waals surface area contributed by atoms with Gasteiger partial charge in [0.1, 0.15) is 6.04 Å². The highest BCUT2D eigenvalue weighted by Gasteiger charge is 2.38. The standard InChI is InChI=1S/C25H47N3O4/c1-11-15-26-25(12-2,13-3)24(31)27-21(18(7)8)22(29)28(10)20(17(5)6)16-19(9)23(30)32-14-4/h16-18,20-21,26H,11-15H2,1-10H3,(H,27,31)/t20-,21+/m1/s1. The summed E-state index contributed by atoms with van der Waals surface area (Å²) in [6.07, 6.45) is 3.98. The summed E-state index contributed by atoms with van der Waals surface area (Å²) in [5, 5.41) is 6.42. The molecule has 0 saturated carbocycles. The Bertz CT molecular complexity index is 639. The van der Waals surface area contributed by atoms with E-state index in [2.05, 4.69) is 17.6 Å². The molecule has 0 heterocycles. The van der Waals surface area contributed by atoms with Crippen molar-refractivity contribution in [1.82, 2.24) is 15.5 Å². The fourth-order valence-electron chi connectivity index (χ4n) is 3.75. The molecule has 0 rings (SSSR count). The molecule has 0 aromatic heterocycles. The number of esters is 1. The van der Waals surface area contributed by atoms with E-state index in [1.54, 1.807) is 31.9 Å². The number of nitrogens with zero attached hydrogens (tertiary/aromatic N) is 1. The van der Waals surface area contributed by atoms with Crippen molar-refractivity contribution in [1.29, 1.82) is 0 Å². The van der Waals surface area contributed by atoms with E-state index in [9.17, 15) is 14.4 Å². The van der Waals surface area contributed by atoms with Crippen LogP contribution in [0.5, 0.6) is 0 Å². The number of ether oxygens (including phenoxy) is 1. The summed E-state index contributed by atoms with van der Waals surface area (Å²) in [6.45, 7) is 18.4. The van der Waals surface area contributed by atoms with Crippen LogP contribution in [0.3, 0.4) is 0 Å². The Morgan fingerprint density at radius 3 is 1.97 bits per heavy atom.